The van der Waals surface area contributed by atoms with Gasteiger partial charge in [-0.2, -0.15) is 0 Å². The monoisotopic (exact) mass is 260 g/mol. The van der Waals surface area contributed by atoms with Crippen LogP contribution in [-0.4, -0.2) is 35.1 Å². The smallest absolute Gasteiger partial charge is 0.323 e. The van der Waals surface area contributed by atoms with E-state index >= 15 is 0 Å². The van der Waals surface area contributed by atoms with Crippen molar-refractivity contribution in [3.63, 3.8) is 0 Å². The van der Waals surface area contributed by atoms with Gasteiger partial charge in [0.05, 0.1) is 6.54 Å². The van der Waals surface area contributed by atoms with Gasteiger partial charge in [-0.15, -0.1) is 6.42 Å². The lowest BCUT2D eigenvalue weighted by Gasteiger charge is -2.19. The van der Waals surface area contributed by atoms with E-state index in [0.29, 0.717) is 5.69 Å². The maximum absolute atomic E-state index is 12.0. The van der Waals surface area contributed by atoms with Crippen LogP contribution < -0.4 is 5.32 Å². The van der Waals surface area contributed by atoms with E-state index in [1.54, 1.807) is 12.1 Å². The number of terminal acetylenes is 1. The summed E-state index contributed by atoms with van der Waals surface area (Å²) in [6.07, 6.45) is 5.90. The van der Waals surface area contributed by atoms with Crippen molar-refractivity contribution in [3.05, 3.63) is 29.8 Å². The zero-order valence-electron chi connectivity index (χ0n) is 10.7. The fourth-order valence-corrected chi connectivity index (χ4v) is 1.62. The van der Waals surface area contributed by atoms with E-state index in [0.717, 1.165) is 16.9 Å². The average molecular weight is 260 g/mol. The Hall–Kier alpha value is -2.48. The Kier molecular flexibility index (Phi) is 5.42. The van der Waals surface area contributed by atoms with E-state index in [2.05, 4.69) is 11.2 Å². The van der Waals surface area contributed by atoms with Crippen molar-refractivity contribution >= 4 is 17.7 Å². The first-order valence-corrected chi connectivity index (χ1v) is 5.87. The minimum Gasteiger partial charge on any atom is -0.480 e. The Bertz CT molecular complexity index is 506. The molecule has 5 heteroatoms. The summed E-state index contributed by atoms with van der Waals surface area (Å²) < 4.78 is 0. The standard InChI is InChI=1S/C14H16N2O3/c1-3-9-16(10-13(17)18)14(19)15-12-8-6-5-7-11(12)4-2/h1,5-8H,4,9-10H2,2H3,(H,15,19)(H,17,18). The minimum absolute atomic E-state index is 0.0492. The Labute approximate surface area is 112 Å². The highest BCUT2D eigenvalue weighted by Crippen LogP contribution is 2.15. The van der Waals surface area contributed by atoms with Gasteiger partial charge < -0.3 is 15.3 Å². The van der Waals surface area contributed by atoms with E-state index < -0.39 is 18.5 Å². The summed E-state index contributed by atoms with van der Waals surface area (Å²) in [4.78, 5) is 23.7. The summed E-state index contributed by atoms with van der Waals surface area (Å²) in [6.45, 7) is 1.50. The van der Waals surface area contributed by atoms with Crippen LogP contribution >= 0.6 is 0 Å². The topological polar surface area (TPSA) is 69.6 Å². The molecule has 2 N–H and O–H groups in total. The van der Waals surface area contributed by atoms with Crippen molar-refractivity contribution in [3.8, 4) is 12.3 Å². The molecule has 0 unspecified atom stereocenters. The predicted molar refractivity (Wildman–Crippen MR) is 72.9 cm³/mol. The number of anilines is 1. The number of nitrogens with zero attached hydrogens (tertiary/aromatic N) is 1. The number of amides is 2. The molecule has 5 nitrogen and oxygen atoms in total. The Morgan fingerprint density at radius 3 is 2.68 bits per heavy atom. The first-order valence-electron chi connectivity index (χ1n) is 5.87. The first-order chi connectivity index (χ1) is 9.08. The molecule has 0 atom stereocenters. The number of carboxylic acid groups (broad SMARTS) is 1. The lowest BCUT2D eigenvalue weighted by Crippen LogP contribution is -2.39. The van der Waals surface area contributed by atoms with Crippen LogP contribution in [0.5, 0.6) is 0 Å². The number of aliphatic carboxylic acids is 1. The fourth-order valence-electron chi connectivity index (χ4n) is 1.62. The largest absolute Gasteiger partial charge is 0.480 e. The number of benzene rings is 1. The summed E-state index contributed by atoms with van der Waals surface area (Å²) in [7, 11) is 0. The van der Waals surface area contributed by atoms with Crippen molar-refractivity contribution in [2.45, 2.75) is 13.3 Å². The van der Waals surface area contributed by atoms with E-state index in [4.69, 9.17) is 11.5 Å². The third-order valence-electron chi connectivity index (χ3n) is 2.54. The van der Waals surface area contributed by atoms with E-state index in [-0.39, 0.29) is 6.54 Å². The lowest BCUT2D eigenvalue weighted by atomic mass is 10.1. The minimum atomic E-state index is -1.10. The number of rotatable bonds is 5. The number of hydrogen-bond donors (Lipinski definition) is 2. The summed E-state index contributed by atoms with van der Waals surface area (Å²) in [5, 5.41) is 11.4. The lowest BCUT2D eigenvalue weighted by molar-refractivity contribution is -0.137. The number of carboxylic acids is 1. The molecule has 0 aliphatic heterocycles. The molecule has 0 saturated heterocycles. The van der Waals surface area contributed by atoms with Crippen molar-refractivity contribution < 1.29 is 14.7 Å². The zero-order valence-corrected chi connectivity index (χ0v) is 10.7. The number of nitrogens with one attached hydrogen (secondary N) is 1. The number of para-hydroxylation sites is 1. The molecule has 0 bridgehead atoms. The van der Waals surface area contributed by atoms with Gasteiger partial charge in [-0.05, 0) is 18.1 Å². The second-order valence-corrected chi connectivity index (χ2v) is 3.89. The van der Waals surface area contributed by atoms with Crippen molar-refractivity contribution in [1.82, 2.24) is 4.90 Å². The molecule has 19 heavy (non-hydrogen) atoms. The van der Waals surface area contributed by atoms with Gasteiger partial charge in [0, 0.05) is 5.69 Å². The van der Waals surface area contributed by atoms with Crippen LogP contribution in [0, 0.1) is 12.3 Å². The highest BCUT2D eigenvalue weighted by atomic mass is 16.4. The zero-order chi connectivity index (χ0) is 14.3. The first kappa shape index (κ1) is 14.6. The number of urea groups is 1. The summed E-state index contributed by atoms with van der Waals surface area (Å²) in [6, 6.07) is 6.84. The van der Waals surface area contributed by atoms with Gasteiger partial charge in [-0.1, -0.05) is 31.0 Å². The van der Waals surface area contributed by atoms with Crippen LogP contribution in [0.1, 0.15) is 12.5 Å². The molecule has 1 rings (SSSR count). The van der Waals surface area contributed by atoms with Crippen LogP contribution in [0.4, 0.5) is 10.5 Å². The molecule has 0 aliphatic rings. The third kappa shape index (κ3) is 4.36. The van der Waals surface area contributed by atoms with E-state index in [1.165, 1.54) is 0 Å². The van der Waals surface area contributed by atoms with Crippen LogP contribution in [0.15, 0.2) is 24.3 Å². The normalized spacial score (nSPS) is 9.47. The second-order valence-electron chi connectivity index (χ2n) is 3.89. The predicted octanol–water partition coefficient (Wildman–Crippen LogP) is 1.80. The van der Waals surface area contributed by atoms with Crippen LogP contribution in [0.3, 0.4) is 0 Å². The van der Waals surface area contributed by atoms with Gasteiger partial charge in [0.2, 0.25) is 0 Å². The maximum atomic E-state index is 12.0. The molecular formula is C14H16N2O3. The van der Waals surface area contributed by atoms with Gasteiger partial charge >= 0.3 is 12.0 Å². The molecule has 0 spiro atoms. The summed E-state index contributed by atoms with van der Waals surface area (Å²) in [5.74, 6) is 1.17. The van der Waals surface area contributed by atoms with Crippen LogP contribution in [-0.2, 0) is 11.2 Å². The van der Waals surface area contributed by atoms with Crippen molar-refractivity contribution in [1.29, 1.82) is 0 Å². The quantitative estimate of drug-likeness (QED) is 0.793. The van der Waals surface area contributed by atoms with Crippen molar-refractivity contribution in [2.24, 2.45) is 0 Å². The number of carbonyl (C=O) groups excluding carboxylic acids is 1. The van der Waals surface area contributed by atoms with E-state index in [1.807, 2.05) is 19.1 Å². The maximum Gasteiger partial charge on any atom is 0.323 e. The fraction of sp³-hybridized carbons (Fsp3) is 0.286. The average Bonchev–Trinajstić information content (AvgIpc) is 2.38. The SMILES string of the molecule is C#CCN(CC(=O)O)C(=O)Nc1ccccc1CC. The molecule has 2 amide bonds. The molecule has 100 valence electrons. The molecule has 0 heterocycles. The third-order valence-corrected chi connectivity index (χ3v) is 2.54. The highest BCUT2D eigenvalue weighted by molar-refractivity contribution is 5.92. The summed E-state index contributed by atoms with van der Waals surface area (Å²) in [5.41, 5.74) is 1.65. The molecule has 0 fully saturated rings. The van der Waals surface area contributed by atoms with Crippen LogP contribution in [0.25, 0.3) is 0 Å². The number of aryl methyl sites for hydroxylation is 1. The molecule has 0 aliphatic carbocycles. The van der Waals surface area contributed by atoms with Gasteiger partial charge in [-0.3, -0.25) is 4.79 Å². The van der Waals surface area contributed by atoms with Gasteiger partial charge in [-0.25, -0.2) is 4.79 Å². The van der Waals surface area contributed by atoms with Gasteiger partial charge in [0.25, 0.3) is 0 Å². The van der Waals surface area contributed by atoms with Gasteiger partial charge in [0.15, 0.2) is 0 Å². The Morgan fingerprint density at radius 2 is 2.11 bits per heavy atom. The Balaban J connectivity index is 2.81. The molecule has 1 aromatic rings. The highest BCUT2D eigenvalue weighted by Gasteiger charge is 2.16. The van der Waals surface area contributed by atoms with Crippen molar-refractivity contribution in [2.75, 3.05) is 18.4 Å². The summed E-state index contributed by atoms with van der Waals surface area (Å²) >= 11 is 0. The number of carbonyl (C=O) groups is 2. The molecule has 0 aromatic heterocycles. The van der Waals surface area contributed by atoms with Crippen LogP contribution in [0.2, 0.25) is 0 Å². The number of hydrogen-bond acceptors (Lipinski definition) is 2. The molecule has 0 saturated carbocycles. The molecule has 1 aromatic carbocycles. The van der Waals surface area contributed by atoms with E-state index in [9.17, 15) is 9.59 Å². The van der Waals surface area contributed by atoms with Gasteiger partial charge in [0.1, 0.15) is 6.54 Å². The molecule has 0 radical (unpaired) electrons. The second kappa shape index (κ2) is 7.07. The Morgan fingerprint density at radius 1 is 1.42 bits per heavy atom. The molecular weight excluding hydrogens is 244 g/mol.